The number of carboxylic acids is 1. The van der Waals surface area contributed by atoms with Gasteiger partial charge in [0.2, 0.25) is 0 Å². The SMILES string of the molecule is CSc1ccc(Cl)c(C2(C(=O)O)CCCC2)c1. The van der Waals surface area contributed by atoms with E-state index in [9.17, 15) is 9.90 Å². The van der Waals surface area contributed by atoms with Crippen LogP contribution in [-0.4, -0.2) is 17.3 Å². The lowest BCUT2D eigenvalue weighted by Gasteiger charge is -2.25. The van der Waals surface area contributed by atoms with E-state index in [-0.39, 0.29) is 0 Å². The number of aliphatic carboxylic acids is 1. The highest BCUT2D eigenvalue weighted by Crippen LogP contribution is 2.44. The second kappa shape index (κ2) is 4.91. The van der Waals surface area contributed by atoms with Crippen LogP contribution in [0.25, 0.3) is 0 Å². The van der Waals surface area contributed by atoms with Crippen LogP contribution in [-0.2, 0) is 10.2 Å². The molecule has 1 saturated carbocycles. The van der Waals surface area contributed by atoms with Crippen molar-refractivity contribution in [2.24, 2.45) is 0 Å². The average Bonchev–Trinajstić information content (AvgIpc) is 2.80. The molecule has 2 nitrogen and oxygen atoms in total. The zero-order valence-corrected chi connectivity index (χ0v) is 11.3. The molecule has 92 valence electrons. The van der Waals surface area contributed by atoms with Gasteiger partial charge >= 0.3 is 5.97 Å². The fourth-order valence-electron chi connectivity index (χ4n) is 2.58. The van der Waals surface area contributed by atoms with Gasteiger partial charge in [-0.15, -0.1) is 11.8 Å². The highest BCUT2D eigenvalue weighted by molar-refractivity contribution is 7.98. The molecule has 1 aromatic rings. The second-order valence-corrected chi connectivity index (χ2v) is 5.73. The van der Waals surface area contributed by atoms with Crippen molar-refractivity contribution in [2.45, 2.75) is 36.0 Å². The predicted molar refractivity (Wildman–Crippen MR) is 71.0 cm³/mol. The maximum atomic E-state index is 11.6. The van der Waals surface area contributed by atoms with Gasteiger partial charge in [-0.2, -0.15) is 0 Å². The first kappa shape index (κ1) is 12.8. The standard InChI is InChI=1S/C13H15ClO2S/c1-17-9-4-5-11(14)10(8-9)13(12(15)16)6-2-3-7-13/h4-5,8H,2-3,6-7H2,1H3,(H,15,16). The van der Waals surface area contributed by atoms with E-state index in [0.717, 1.165) is 23.3 Å². The van der Waals surface area contributed by atoms with Crippen LogP contribution in [0.5, 0.6) is 0 Å². The second-order valence-electron chi connectivity index (χ2n) is 4.44. The van der Waals surface area contributed by atoms with Gasteiger partial charge in [0, 0.05) is 9.92 Å². The number of carboxylic acid groups (broad SMARTS) is 1. The molecule has 0 unspecified atom stereocenters. The van der Waals surface area contributed by atoms with Gasteiger partial charge in [0.05, 0.1) is 5.41 Å². The van der Waals surface area contributed by atoms with Gasteiger partial charge in [-0.05, 0) is 42.9 Å². The van der Waals surface area contributed by atoms with Crippen molar-refractivity contribution in [1.82, 2.24) is 0 Å². The molecule has 1 aromatic carbocycles. The smallest absolute Gasteiger partial charge is 0.314 e. The van der Waals surface area contributed by atoms with Gasteiger partial charge in [-0.25, -0.2) is 0 Å². The maximum Gasteiger partial charge on any atom is 0.314 e. The van der Waals surface area contributed by atoms with Crippen LogP contribution < -0.4 is 0 Å². The summed E-state index contributed by atoms with van der Waals surface area (Å²) in [6.07, 6.45) is 5.30. The molecule has 0 bridgehead atoms. The third-order valence-electron chi connectivity index (χ3n) is 3.56. The lowest BCUT2D eigenvalue weighted by molar-refractivity contribution is -0.143. The van der Waals surface area contributed by atoms with Crippen LogP contribution in [0.2, 0.25) is 5.02 Å². The van der Waals surface area contributed by atoms with E-state index in [1.807, 2.05) is 24.5 Å². The Balaban J connectivity index is 2.53. The summed E-state index contributed by atoms with van der Waals surface area (Å²) in [6, 6.07) is 5.68. The van der Waals surface area contributed by atoms with Crippen LogP contribution >= 0.6 is 23.4 Å². The van der Waals surface area contributed by atoms with E-state index in [1.165, 1.54) is 0 Å². The molecule has 2 rings (SSSR count). The number of hydrogen-bond acceptors (Lipinski definition) is 2. The molecule has 0 radical (unpaired) electrons. The third kappa shape index (κ3) is 2.18. The Labute approximate surface area is 110 Å². The minimum Gasteiger partial charge on any atom is -0.481 e. The first-order valence-corrected chi connectivity index (χ1v) is 7.28. The summed E-state index contributed by atoms with van der Waals surface area (Å²) in [6.45, 7) is 0. The molecule has 17 heavy (non-hydrogen) atoms. The molecule has 1 aliphatic carbocycles. The Morgan fingerprint density at radius 1 is 1.41 bits per heavy atom. The highest BCUT2D eigenvalue weighted by atomic mass is 35.5. The molecule has 0 atom stereocenters. The summed E-state index contributed by atoms with van der Waals surface area (Å²) >= 11 is 7.80. The quantitative estimate of drug-likeness (QED) is 0.845. The fourth-order valence-corrected chi connectivity index (χ4v) is 3.31. The maximum absolute atomic E-state index is 11.6. The van der Waals surface area contributed by atoms with Crippen molar-refractivity contribution >= 4 is 29.3 Å². The van der Waals surface area contributed by atoms with Crippen LogP contribution in [0.4, 0.5) is 0 Å². The summed E-state index contributed by atoms with van der Waals surface area (Å²) in [5.41, 5.74) is 0.0269. The van der Waals surface area contributed by atoms with Crippen LogP contribution in [0.3, 0.4) is 0 Å². The Hall–Kier alpha value is -0.670. The monoisotopic (exact) mass is 270 g/mol. The largest absolute Gasteiger partial charge is 0.481 e. The Morgan fingerprint density at radius 2 is 2.06 bits per heavy atom. The van der Waals surface area contributed by atoms with E-state index in [1.54, 1.807) is 11.8 Å². The van der Waals surface area contributed by atoms with Crippen molar-refractivity contribution in [3.8, 4) is 0 Å². The molecule has 0 spiro atoms. The van der Waals surface area contributed by atoms with E-state index < -0.39 is 11.4 Å². The predicted octanol–water partition coefficient (Wildman–Crippen LogP) is 3.96. The normalized spacial score (nSPS) is 18.2. The topological polar surface area (TPSA) is 37.3 Å². The zero-order valence-electron chi connectivity index (χ0n) is 9.70. The van der Waals surface area contributed by atoms with E-state index >= 15 is 0 Å². The molecule has 4 heteroatoms. The Bertz CT molecular complexity index is 439. The molecular weight excluding hydrogens is 256 g/mol. The van der Waals surface area contributed by atoms with Gasteiger partial charge < -0.3 is 5.11 Å². The molecule has 0 amide bonds. The Kier molecular flexibility index (Phi) is 3.69. The first-order chi connectivity index (χ1) is 8.10. The lowest BCUT2D eigenvalue weighted by Crippen LogP contribution is -2.32. The first-order valence-electron chi connectivity index (χ1n) is 5.67. The number of thioether (sulfide) groups is 1. The van der Waals surface area contributed by atoms with Gasteiger partial charge in [-0.3, -0.25) is 4.79 Å². The fraction of sp³-hybridized carbons (Fsp3) is 0.462. The third-order valence-corrected chi connectivity index (χ3v) is 4.61. The van der Waals surface area contributed by atoms with Crippen molar-refractivity contribution in [1.29, 1.82) is 0 Å². The van der Waals surface area contributed by atoms with Crippen LogP contribution in [0, 0.1) is 0 Å². The van der Waals surface area contributed by atoms with Crippen LogP contribution in [0.15, 0.2) is 23.1 Å². The number of hydrogen-bond donors (Lipinski definition) is 1. The summed E-state index contributed by atoms with van der Waals surface area (Å²) < 4.78 is 0. The number of halogens is 1. The van der Waals surface area contributed by atoms with Crippen molar-refractivity contribution in [3.05, 3.63) is 28.8 Å². The molecule has 0 heterocycles. The summed E-state index contributed by atoms with van der Waals surface area (Å²) in [5.74, 6) is -0.741. The summed E-state index contributed by atoms with van der Waals surface area (Å²) in [7, 11) is 0. The van der Waals surface area contributed by atoms with Gasteiger partial charge in [0.25, 0.3) is 0 Å². The minimum absolute atomic E-state index is 0.576. The van der Waals surface area contributed by atoms with E-state index in [2.05, 4.69) is 0 Å². The number of benzene rings is 1. The van der Waals surface area contributed by atoms with E-state index in [4.69, 9.17) is 11.6 Å². The molecule has 0 aromatic heterocycles. The highest BCUT2D eigenvalue weighted by Gasteiger charge is 2.44. The van der Waals surface area contributed by atoms with E-state index in [0.29, 0.717) is 17.9 Å². The van der Waals surface area contributed by atoms with Gasteiger partial charge in [0.15, 0.2) is 0 Å². The molecular formula is C13H15ClO2S. The summed E-state index contributed by atoms with van der Waals surface area (Å²) in [5, 5.41) is 10.1. The number of carbonyl (C=O) groups is 1. The molecule has 1 fully saturated rings. The van der Waals surface area contributed by atoms with Crippen LogP contribution in [0.1, 0.15) is 31.2 Å². The number of rotatable bonds is 3. The summed E-state index contributed by atoms with van der Waals surface area (Å²) in [4.78, 5) is 12.7. The molecule has 0 saturated heterocycles. The van der Waals surface area contributed by atoms with Crippen molar-refractivity contribution in [2.75, 3.05) is 6.26 Å². The molecule has 1 aliphatic rings. The molecule has 1 N–H and O–H groups in total. The Morgan fingerprint density at radius 3 is 2.59 bits per heavy atom. The zero-order chi connectivity index (χ0) is 12.5. The van der Waals surface area contributed by atoms with Gasteiger partial charge in [-0.1, -0.05) is 24.4 Å². The minimum atomic E-state index is -0.761. The van der Waals surface area contributed by atoms with Crippen molar-refractivity contribution < 1.29 is 9.90 Å². The average molecular weight is 271 g/mol. The molecule has 0 aliphatic heterocycles. The van der Waals surface area contributed by atoms with Gasteiger partial charge in [0.1, 0.15) is 0 Å². The lowest BCUT2D eigenvalue weighted by atomic mass is 9.79. The van der Waals surface area contributed by atoms with Crippen molar-refractivity contribution in [3.63, 3.8) is 0 Å².